The molecule has 1 aromatic rings. The van der Waals surface area contributed by atoms with Crippen molar-refractivity contribution in [2.75, 3.05) is 6.54 Å². The van der Waals surface area contributed by atoms with Crippen LogP contribution in [0.1, 0.15) is 31.9 Å². The predicted molar refractivity (Wildman–Crippen MR) is 80.2 cm³/mol. The summed E-state index contributed by atoms with van der Waals surface area (Å²) in [6.45, 7) is 7.27. The first-order valence-electron chi connectivity index (χ1n) is 6.92. The van der Waals surface area contributed by atoms with Crippen LogP contribution in [-0.4, -0.2) is 29.3 Å². The van der Waals surface area contributed by atoms with Crippen LogP contribution in [0, 0.1) is 12.8 Å². The van der Waals surface area contributed by atoms with Crippen molar-refractivity contribution in [2.45, 2.75) is 39.7 Å². The van der Waals surface area contributed by atoms with Gasteiger partial charge >= 0.3 is 12.1 Å². The Hall–Kier alpha value is -2.04. The Balaban J connectivity index is 2.59. The highest BCUT2D eigenvalue weighted by atomic mass is 16.6. The molecular weight excluding hydrogens is 270 g/mol. The van der Waals surface area contributed by atoms with E-state index in [0.29, 0.717) is 6.42 Å². The highest BCUT2D eigenvalue weighted by Crippen LogP contribution is 2.12. The van der Waals surface area contributed by atoms with E-state index in [1.807, 2.05) is 31.2 Å². The van der Waals surface area contributed by atoms with Gasteiger partial charge in [-0.3, -0.25) is 4.79 Å². The van der Waals surface area contributed by atoms with E-state index in [4.69, 9.17) is 4.74 Å². The normalized spacial score (nSPS) is 12.6. The number of alkyl carbamates (subject to hydrolysis) is 1. The van der Waals surface area contributed by atoms with Gasteiger partial charge in [0.2, 0.25) is 0 Å². The molecule has 0 fully saturated rings. The number of nitrogens with one attached hydrogen (secondary N) is 1. The second-order valence-corrected chi connectivity index (χ2v) is 6.11. The third kappa shape index (κ3) is 6.79. The lowest BCUT2D eigenvalue weighted by Gasteiger charge is -2.21. The summed E-state index contributed by atoms with van der Waals surface area (Å²) in [5, 5.41) is 11.8. The Morgan fingerprint density at radius 1 is 1.33 bits per heavy atom. The number of amides is 1. The lowest BCUT2D eigenvalue weighted by Crippen LogP contribution is -2.37. The molecule has 1 amide bonds. The number of hydrogen-bond acceptors (Lipinski definition) is 3. The number of carbonyl (C=O) groups excluding carboxylic acids is 1. The van der Waals surface area contributed by atoms with Crippen molar-refractivity contribution in [3.05, 3.63) is 35.4 Å². The molecule has 5 nitrogen and oxygen atoms in total. The zero-order valence-electron chi connectivity index (χ0n) is 13.0. The van der Waals surface area contributed by atoms with Crippen LogP contribution in [0.25, 0.3) is 0 Å². The number of aryl methyl sites for hydroxylation is 1. The van der Waals surface area contributed by atoms with Crippen molar-refractivity contribution >= 4 is 12.1 Å². The van der Waals surface area contributed by atoms with Gasteiger partial charge in [0, 0.05) is 6.54 Å². The van der Waals surface area contributed by atoms with Crippen molar-refractivity contribution in [2.24, 2.45) is 5.92 Å². The van der Waals surface area contributed by atoms with Crippen LogP contribution >= 0.6 is 0 Å². The minimum atomic E-state index is -0.937. The molecule has 0 heterocycles. The molecule has 5 heteroatoms. The van der Waals surface area contributed by atoms with Gasteiger partial charge in [-0.1, -0.05) is 29.8 Å². The quantitative estimate of drug-likeness (QED) is 0.875. The number of carboxylic acid groups (broad SMARTS) is 1. The van der Waals surface area contributed by atoms with E-state index in [2.05, 4.69) is 5.32 Å². The second-order valence-electron chi connectivity index (χ2n) is 6.11. The van der Waals surface area contributed by atoms with Crippen molar-refractivity contribution in [1.82, 2.24) is 5.32 Å². The van der Waals surface area contributed by atoms with Crippen molar-refractivity contribution in [1.29, 1.82) is 0 Å². The van der Waals surface area contributed by atoms with E-state index in [0.717, 1.165) is 11.1 Å². The van der Waals surface area contributed by atoms with E-state index < -0.39 is 23.6 Å². The summed E-state index contributed by atoms with van der Waals surface area (Å²) >= 11 is 0. The maximum Gasteiger partial charge on any atom is 0.407 e. The van der Waals surface area contributed by atoms with Crippen molar-refractivity contribution in [3.63, 3.8) is 0 Å². The number of aliphatic carboxylic acids is 1. The zero-order valence-corrected chi connectivity index (χ0v) is 13.0. The highest BCUT2D eigenvalue weighted by molar-refractivity contribution is 5.73. The Morgan fingerprint density at radius 2 is 2.00 bits per heavy atom. The SMILES string of the molecule is Cc1cccc(C[C@@H](CNC(=O)OC(C)(C)C)C(=O)O)c1. The number of benzene rings is 1. The maximum absolute atomic E-state index is 11.6. The van der Waals surface area contributed by atoms with Crippen LogP contribution in [0.4, 0.5) is 4.79 Å². The molecule has 0 bridgehead atoms. The third-order valence-electron chi connectivity index (χ3n) is 2.81. The van der Waals surface area contributed by atoms with Gasteiger partial charge in [-0.15, -0.1) is 0 Å². The largest absolute Gasteiger partial charge is 0.481 e. The monoisotopic (exact) mass is 293 g/mol. The van der Waals surface area contributed by atoms with Gasteiger partial charge in [0.15, 0.2) is 0 Å². The standard InChI is InChI=1S/C16H23NO4/c1-11-6-5-7-12(8-11)9-13(14(18)19)10-17-15(20)21-16(2,3)4/h5-8,13H,9-10H2,1-4H3,(H,17,20)(H,18,19)/t13-/m0/s1. The molecule has 21 heavy (non-hydrogen) atoms. The number of carboxylic acids is 1. The summed E-state index contributed by atoms with van der Waals surface area (Å²) in [6, 6.07) is 7.68. The second kappa shape index (κ2) is 7.11. The minimum absolute atomic E-state index is 0.0399. The number of hydrogen-bond donors (Lipinski definition) is 2. The van der Waals surface area contributed by atoms with Gasteiger partial charge in [0.1, 0.15) is 5.60 Å². The summed E-state index contributed by atoms with van der Waals surface area (Å²) in [4.78, 5) is 22.9. The van der Waals surface area contributed by atoms with Crippen LogP contribution in [0.5, 0.6) is 0 Å². The maximum atomic E-state index is 11.6. The topological polar surface area (TPSA) is 75.6 Å². The number of ether oxygens (including phenoxy) is 1. The first kappa shape index (κ1) is 17.0. The van der Waals surface area contributed by atoms with E-state index in [1.165, 1.54) is 0 Å². The molecule has 0 aliphatic heterocycles. The lowest BCUT2D eigenvalue weighted by atomic mass is 9.98. The van der Waals surface area contributed by atoms with Crippen molar-refractivity contribution in [3.8, 4) is 0 Å². The molecule has 0 saturated heterocycles. The fourth-order valence-corrected chi connectivity index (χ4v) is 1.89. The fraction of sp³-hybridized carbons (Fsp3) is 0.500. The Kier molecular flexibility index (Phi) is 5.76. The molecule has 0 aliphatic carbocycles. The molecule has 0 radical (unpaired) electrons. The molecule has 1 atom stereocenters. The molecule has 0 saturated carbocycles. The fourth-order valence-electron chi connectivity index (χ4n) is 1.89. The molecule has 0 spiro atoms. The van der Waals surface area contributed by atoms with Crippen LogP contribution in [0.15, 0.2) is 24.3 Å². The van der Waals surface area contributed by atoms with Gasteiger partial charge in [0.25, 0.3) is 0 Å². The summed E-state index contributed by atoms with van der Waals surface area (Å²) in [5.74, 6) is -1.62. The van der Waals surface area contributed by atoms with Crippen LogP contribution < -0.4 is 5.32 Å². The molecule has 1 aromatic carbocycles. The summed E-state index contributed by atoms with van der Waals surface area (Å²) in [7, 11) is 0. The first-order valence-corrected chi connectivity index (χ1v) is 6.92. The van der Waals surface area contributed by atoms with Crippen LogP contribution in [0.3, 0.4) is 0 Å². The Morgan fingerprint density at radius 3 is 2.52 bits per heavy atom. The molecule has 1 rings (SSSR count). The molecule has 0 aromatic heterocycles. The predicted octanol–water partition coefficient (Wildman–Crippen LogP) is 2.76. The van der Waals surface area contributed by atoms with E-state index in [1.54, 1.807) is 20.8 Å². The van der Waals surface area contributed by atoms with E-state index >= 15 is 0 Å². The molecule has 0 unspecified atom stereocenters. The number of carbonyl (C=O) groups is 2. The highest BCUT2D eigenvalue weighted by Gasteiger charge is 2.21. The van der Waals surface area contributed by atoms with E-state index in [9.17, 15) is 14.7 Å². The smallest absolute Gasteiger partial charge is 0.407 e. The first-order chi connectivity index (χ1) is 9.67. The summed E-state index contributed by atoms with van der Waals surface area (Å²) in [5.41, 5.74) is 1.42. The Bertz CT molecular complexity index is 505. The number of rotatable bonds is 5. The molecule has 2 N–H and O–H groups in total. The van der Waals surface area contributed by atoms with Gasteiger partial charge in [-0.2, -0.15) is 0 Å². The molecular formula is C16H23NO4. The van der Waals surface area contributed by atoms with Crippen LogP contribution in [-0.2, 0) is 16.0 Å². The summed E-state index contributed by atoms with van der Waals surface area (Å²) < 4.78 is 5.09. The molecule has 0 aliphatic rings. The van der Waals surface area contributed by atoms with Gasteiger partial charge in [0.05, 0.1) is 5.92 Å². The Labute approximate surface area is 125 Å². The van der Waals surface area contributed by atoms with Gasteiger partial charge in [-0.05, 0) is 39.7 Å². The molecule has 116 valence electrons. The van der Waals surface area contributed by atoms with Crippen molar-refractivity contribution < 1.29 is 19.4 Å². The zero-order chi connectivity index (χ0) is 16.0. The average Bonchev–Trinajstić information content (AvgIpc) is 2.32. The van der Waals surface area contributed by atoms with Gasteiger partial charge in [-0.25, -0.2) is 4.79 Å². The lowest BCUT2D eigenvalue weighted by molar-refractivity contribution is -0.141. The van der Waals surface area contributed by atoms with E-state index in [-0.39, 0.29) is 6.54 Å². The van der Waals surface area contributed by atoms with Gasteiger partial charge < -0.3 is 15.2 Å². The average molecular weight is 293 g/mol. The van der Waals surface area contributed by atoms with Crippen LogP contribution in [0.2, 0.25) is 0 Å². The third-order valence-corrected chi connectivity index (χ3v) is 2.81. The minimum Gasteiger partial charge on any atom is -0.481 e. The summed E-state index contributed by atoms with van der Waals surface area (Å²) in [6.07, 6.45) is -0.231.